The van der Waals surface area contributed by atoms with Crippen molar-refractivity contribution in [1.29, 1.82) is 0 Å². The fourth-order valence-electron chi connectivity index (χ4n) is 2.31. The van der Waals surface area contributed by atoms with Crippen molar-refractivity contribution >= 4 is 27.8 Å². The molecule has 0 bridgehead atoms. The summed E-state index contributed by atoms with van der Waals surface area (Å²) in [5.41, 5.74) is 2.15. The van der Waals surface area contributed by atoms with Crippen LogP contribution in [-0.2, 0) is 14.8 Å². The molecule has 0 amide bonds. The lowest BCUT2D eigenvalue weighted by Crippen LogP contribution is -2.26. The Morgan fingerprint density at radius 3 is 2.70 bits per heavy atom. The zero-order valence-electron chi connectivity index (χ0n) is 11.4. The van der Waals surface area contributed by atoms with Crippen LogP contribution < -0.4 is 4.31 Å². The normalized spacial score (nSPS) is 21.5. The van der Waals surface area contributed by atoms with E-state index in [-0.39, 0.29) is 11.7 Å². The molecule has 1 aromatic carbocycles. The number of hydrogen-bond acceptors (Lipinski definition) is 3. The van der Waals surface area contributed by atoms with Gasteiger partial charge in [-0.2, -0.15) is 0 Å². The van der Waals surface area contributed by atoms with Crippen molar-refractivity contribution in [2.45, 2.75) is 13.8 Å². The topological polar surface area (TPSA) is 74.7 Å². The molecule has 0 radical (unpaired) electrons. The highest BCUT2D eigenvalue weighted by Crippen LogP contribution is 2.30. The summed E-state index contributed by atoms with van der Waals surface area (Å²) >= 11 is 0. The van der Waals surface area contributed by atoms with E-state index < -0.39 is 16.0 Å². The van der Waals surface area contributed by atoms with Gasteiger partial charge in [0.2, 0.25) is 10.0 Å². The zero-order valence-corrected chi connectivity index (χ0v) is 12.2. The molecule has 20 heavy (non-hydrogen) atoms. The van der Waals surface area contributed by atoms with Gasteiger partial charge in [-0.05, 0) is 36.1 Å². The van der Waals surface area contributed by atoms with Crippen LogP contribution in [-0.4, -0.2) is 31.8 Å². The molecular weight excluding hydrogens is 278 g/mol. The van der Waals surface area contributed by atoms with E-state index in [2.05, 4.69) is 0 Å². The van der Waals surface area contributed by atoms with E-state index >= 15 is 0 Å². The summed E-state index contributed by atoms with van der Waals surface area (Å²) in [7, 11) is -3.27. The highest BCUT2D eigenvalue weighted by molar-refractivity contribution is 7.93. The van der Waals surface area contributed by atoms with E-state index in [0.29, 0.717) is 17.8 Å². The lowest BCUT2D eigenvalue weighted by molar-refractivity contribution is -0.131. The summed E-state index contributed by atoms with van der Waals surface area (Å²) in [5, 5.41) is 8.63. The summed E-state index contributed by atoms with van der Waals surface area (Å²) in [6.45, 7) is 4.22. The van der Waals surface area contributed by atoms with Crippen LogP contribution in [0.25, 0.3) is 6.08 Å². The molecule has 2 rings (SSSR count). The zero-order chi connectivity index (χ0) is 14.9. The Hall–Kier alpha value is -1.82. The third-order valence-corrected chi connectivity index (χ3v) is 5.24. The van der Waals surface area contributed by atoms with Crippen LogP contribution in [0.5, 0.6) is 0 Å². The van der Waals surface area contributed by atoms with Gasteiger partial charge >= 0.3 is 5.97 Å². The Bertz CT molecular complexity index is 664. The van der Waals surface area contributed by atoms with E-state index in [4.69, 9.17) is 5.11 Å². The fraction of sp³-hybridized carbons (Fsp3) is 0.357. The van der Waals surface area contributed by atoms with Gasteiger partial charge in [-0.15, -0.1) is 0 Å². The van der Waals surface area contributed by atoms with E-state index in [0.717, 1.165) is 11.6 Å². The number of rotatable bonds is 3. The lowest BCUT2D eigenvalue weighted by atomic mass is 10.1. The van der Waals surface area contributed by atoms with Crippen LogP contribution in [0.3, 0.4) is 0 Å². The van der Waals surface area contributed by atoms with Crippen molar-refractivity contribution in [3.8, 4) is 0 Å². The average Bonchev–Trinajstić information content (AvgIpc) is 2.61. The van der Waals surface area contributed by atoms with Gasteiger partial charge in [-0.1, -0.05) is 19.1 Å². The highest BCUT2D eigenvalue weighted by atomic mass is 32.2. The summed E-state index contributed by atoms with van der Waals surface area (Å²) in [5.74, 6) is -0.783. The molecule has 5 nitrogen and oxygen atoms in total. The lowest BCUT2D eigenvalue weighted by Gasteiger charge is -2.20. The summed E-state index contributed by atoms with van der Waals surface area (Å²) in [6, 6.07) is 5.28. The first kappa shape index (κ1) is 14.6. The fourth-order valence-corrected chi connectivity index (χ4v) is 4.30. The van der Waals surface area contributed by atoms with Crippen molar-refractivity contribution in [3.05, 3.63) is 35.4 Å². The molecule has 1 N–H and O–H groups in total. The van der Waals surface area contributed by atoms with Crippen LogP contribution in [0.1, 0.15) is 18.1 Å². The van der Waals surface area contributed by atoms with Gasteiger partial charge in [-0.25, -0.2) is 13.2 Å². The van der Waals surface area contributed by atoms with Gasteiger partial charge in [0, 0.05) is 12.6 Å². The molecule has 0 spiro atoms. The number of aliphatic carboxylic acids is 1. The SMILES string of the molecule is Cc1ccc(C=CC(=O)O)cc1N1CC(C)CS1(=O)=O. The van der Waals surface area contributed by atoms with Crippen molar-refractivity contribution in [1.82, 2.24) is 0 Å². The first-order valence-corrected chi connectivity index (χ1v) is 7.92. The Morgan fingerprint density at radius 2 is 2.15 bits per heavy atom. The molecule has 1 unspecified atom stereocenters. The van der Waals surface area contributed by atoms with Gasteiger partial charge in [0.25, 0.3) is 0 Å². The minimum atomic E-state index is -3.27. The predicted octanol–water partition coefficient (Wildman–Crippen LogP) is 1.88. The van der Waals surface area contributed by atoms with Crippen LogP contribution in [0.4, 0.5) is 5.69 Å². The summed E-state index contributed by atoms with van der Waals surface area (Å²) in [4.78, 5) is 10.5. The standard InChI is InChI=1S/C14H17NO4S/c1-10-8-15(20(18,19)9-10)13-7-12(4-3-11(13)2)5-6-14(16)17/h3-7,10H,8-9H2,1-2H3,(H,16,17). The van der Waals surface area contributed by atoms with Crippen molar-refractivity contribution in [2.24, 2.45) is 5.92 Å². The molecule has 0 aromatic heterocycles. The second-order valence-corrected chi connectivity index (χ2v) is 7.07. The smallest absolute Gasteiger partial charge is 0.328 e. The molecule has 1 saturated heterocycles. The molecule has 1 atom stereocenters. The van der Waals surface area contributed by atoms with Crippen LogP contribution >= 0.6 is 0 Å². The minimum Gasteiger partial charge on any atom is -0.478 e. The van der Waals surface area contributed by atoms with E-state index in [1.165, 1.54) is 10.4 Å². The highest BCUT2D eigenvalue weighted by Gasteiger charge is 2.34. The quantitative estimate of drug-likeness (QED) is 0.864. The van der Waals surface area contributed by atoms with Crippen molar-refractivity contribution < 1.29 is 18.3 Å². The molecule has 6 heteroatoms. The molecule has 1 fully saturated rings. The van der Waals surface area contributed by atoms with E-state index in [9.17, 15) is 13.2 Å². The van der Waals surface area contributed by atoms with Gasteiger partial charge in [0.05, 0.1) is 11.4 Å². The Kier molecular flexibility index (Phi) is 3.85. The first-order valence-electron chi connectivity index (χ1n) is 6.31. The van der Waals surface area contributed by atoms with Crippen LogP contribution in [0, 0.1) is 12.8 Å². The average molecular weight is 295 g/mol. The molecular formula is C14H17NO4S. The molecule has 0 aliphatic carbocycles. The van der Waals surface area contributed by atoms with Gasteiger partial charge < -0.3 is 5.11 Å². The minimum absolute atomic E-state index is 0.0950. The number of carboxylic acids is 1. The number of hydrogen-bond donors (Lipinski definition) is 1. The Labute approximate surface area is 118 Å². The second kappa shape index (κ2) is 5.28. The molecule has 1 heterocycles. The van der Waals surface area contributed by atoms with Crippen LogP contribution in [0.2, 0.25) is 0 Å². The summed E-state index contributed by atoms with van der Waals surface area (Å²) < 4.78 is 25.7. The van der Waals surface area contributed by atoms with E-state index in [1.807, 2.05) is 13.8 Å². The van der Waals surface area contributed by atoms with E-state index in [1.54, 1.807) is 18.2 Å². The van der Waals surface area contributed by atoms with Gasteiger partial charge in [-0.3, -0.25) is 4.31 Å². The number of anilines is 1. The Morgan fingerprint density at radius 1 is 1.45 bits per heavy atom. The molecule has 1 aliphatic heterocycles. The number of aryl methyl sites for hydroxylation is 1. The molecule has 108 valence electrons. The maximum Gasteiger partial charge on any atom is 0.328 e. The van der Waals surface area contributed by atoms with Gasteiger partial charge in [0.15, 0.2) is 0 Å². The maximum absolute atomic E-state index is 12.1. The number of sulfonamides is 1. The van der Waals surface area contributed by atoms with Crippen molar-refractivity contribution in [3.63, 3.8) is 0 Å². The largest absolute Gasteiger partial charge is 0.478 e. The third-order valence-electron chi connectivity index (χ3n) is 3.23. The molecule has 0 saturated carbocycles. The second-order valence-electron chi connectivity index (χ2n) is 5.13. The predicted molar refractivity (Wildman–Crippen MR) is 78.1 cm³/mol. The number of benzene rings is 1. The van der Waals surface area contributed by atoms with Crippen molar-refractivity contribution in [2.75, 3.05) is 16.6 Å². The third kappa shape index (κ3) is 3.01. The summed E-state index contributed by atoms with van der Waals surface area (Å²) in [6.07, 6.45) is 2.49. The molecule has 1 aliphatic rings. The van der Waals surface area contributed by atoms with Gasteiger partial charge in [0.1, 0.15) is 0 Å². The number of carbonyl (C=O) groups is 1. The number of nitrogens with zero attached hydrogens (tertiary/aromatic N) is 1. The monoisotopic (exact) mass is 295 g/mol. The Balaban J connectivity index is 2.41. The van der Waals surface area contributed by atoms with Crippen LogP contribution in [0.15, 0.2) is 24.3 Å². The molecule has 1 aromatic rings. The first-order chi connectivity index (χ1) is 9.29. The maximum atomic E-state index is 12.1. The number of carboxylic acid groups (broad SMARTS) is 1.